The number of carboxylic acid groups (broad SMARTS) is 1. The zero-order chi connectivity index (χ0) is 20.8. The molecule has 1 saturated carbocycles. The van der Waals surface area contributed by atoms with Crippen LogP contribution in [0.3, 0.4) is 0 Å². The molecule has 9 nitrogen and oxygen atoms in total. The van der Waals surface area contributed by atoms with Crippen LogP contribution in [0.1, 0.15) is 53.4 Å². The van der Waals surface area contributed by atoms with Gasteiger partial charge >= 0.3 is 13.2 Å². The largest absolute Gasteiger partial charge is 0.514 e. The van der Waals surface area contributed by atoms with E-state index in [-0.39, 0.29) is 12.1 Å². The zero-order valence-electron chi connectivity index (χ0n) is 17.3. The Balaban J connectivity index is 1.58. The van der Waals surface area contributed by atoms with Gasteiger partial charge in [-0.15, -0.1) is 5.10 Å². The molecule has 3 heterocycles. The number of nitrogens with one attached hydrogen (secondary N) is 2. The van der Waals surface area contributed by atoms with Crippen LogP contribution in [0.4, 0.5) is 10.7 Å². The number of aromatic nitrogens is 3. The number of amides is 1. The van der Waals surface area contributed by atoms with Gasteiger partial charge in [-0.25, -0.2) is 14.3 Å². The fraction of sp³-hybridized carbons (Fsp3) is 0.632. The smallest absolute Gasteiger partial charge is 0.465 e. The lowest BCUT2D eigenvalue weighted by Gasteiger charge is -2.32. The molecule has 0 spiro atoms. The molecular weight excluding hydrogens is 373 g/mol. The topological polar surface area (TPSA) is 110 Å². The Morgan fingerprint density at radius 1 is 1.17 bits per heavy atom. The van der Waals surface area contributed by atoms with E-state index >= 15 is 0 Å². The second kappa shape index (κ2) is 7.18. The average molecular weight is 401 g/mol. The summed E-state index contributed by atoms with van der Waals surface area (Å²) < 4.78 is 14.1. The Hall–Kier alpha value is -2.33. The highest BCUT2D eigenvalue weighted by Gasteiger charge is 2.52. The molecule has 2 fully saturated rings. The van der Waals surface area contributed by atoms with E-state index in [1.807, 2.05) is 39.8 Å². The van der Waals surface area contributed by atoms with Crippen LogP contribution >= 0.6 is 0 Å². The number of rotatable bonds is 4. The molecule has 3 N–H and O–H groups in total. The average Bonchev–Trinajstić information content (AvgIpc) is 3.13. The molecule has 0 unspecified atom stereocenters. The van der Waals surface area contributed by atoms with Crippen molar-refractivity contribution in [1.29, 1.82) is 0 Å². The Labute approximate surface area is 170 Å². The van der Waals surface area contributed by atoms with Gasteiger partial charge in [0.15, 0.2) is 0 Å². The lowest BCUT2D eigenvalue weighted by Crippen LogP contribution is -2.48. The van der Waals surface area contributed by atoms with Crippen LogP contribution in [0.15, 0.2) is 18.3 Å². The highest BCUT2D eigenvalue weighted by Crippen LogP contribution is 2.36. The molecule has 10 heteroatoms. The van der Waals surface area contributed by atoms with Crippen molar-refractivity contribution in [2.45, 2.75) is 76.7 Å². The van der Waals surface area contributed by atoms with E-state index in [2.05, 4.69) is 20.7 Å². The Bertz CT molecular complexity index is 899. The van der Waals surface area contributed by atoms with Crippen molar-refractivity contribution < 1.29 is 19.2 Å². The van der Waals surface area contributed by atoms with Crippen LogP contribution in [0.2, 0.25) is 0 Å². The number of hydrogen-bond donors (Lipinski definition) is 3. The quantitative estimate of drug-likeness (QED) is 0.673. The summed E-state index contributed by atoms with van der Waals surface area (Å²) in [5.74, 6) is 0.454. The van der Waals surface area contributed by atoms with Crippen LogP contribution < -0.4 is 16.2 Å². The van der Waals surface area contributed by atoms with Crippen molar-refractivity contribution in [1.82, 2.24) is 19.9 Å². The molecule has 2 atom stereocenters. The summed E-state index contributed by atoms with van der Waals surface area (Å²) in [5, 5.41) is 19.7. The summed E-state index contributed by atoms with van der Waals surface area (Å²) in [6.07, 6.45) is 4.45. The van der Waals surface area contributed by atoms with Gasteiger partial charge in [-0.3, -0.25) is 0 Å². The minimum Gasteiger partial charge on any atom is -0.465 e. The predicted octanol–water partition coefficient (Wildman–Crippen LogP) is 2.02. The van der Waals surface area contributed by atoms with E-state index < -0.39 is 24.4 Å². The van der Waals surface area contributed by atoms with Crippen LogP contribution in [0.5, 0.6) is 0 Å². The van der Waals surface area contributed by atoms with Gasteiger partial charge in [-0.05, 0) is 52.7 Å². The molecule has 0 radical (unpaired) electrons. The molecule has 2 aromatic rings. The zero-order valence-corrected chi connectivity index (χ0v) is 17.3. The van der Waals surface area contributed by atoms with Gasteiger partial charge in [0.25, 0.3) is 0 Å². The summed E-state index contributed by atoms with van der Waals surface area (Å²) in [7, 11) is -0.527. The lowest BCUT2D eigenvalue weighted by molar-refractivity contribution is 0.00578. The molecule has 2 aromatic heterocycles. The van der Waals surface area contributed by atoms with Crippen LogP contribution in [0.25, 0.3) is 5.52 Å². The predicted molar refractivity (Wildman–Crippen MR) is 110 cm³/mol. The van der Waals surface area contributed by atoms with Gasteiger partial charge in [0.2, 0.25) is 5.95 Å². The van der Waals surface area contributed by atoms with Crippen molar-refractivity contribution >= 4 is 30.3 Å². The first kappa shape index (κ1) is 20.0. The SMILES string of the molecule is CC1(C)OB(c2ccc3cnc(N[C@@H]4CCCC[C@@H]4NC(=O)O)nn23)OC1(C)C. The van der Waals surface area contributed by atoms with Crippen molar-refractivity contribution in [2.75, 3.05) is 5.32 Å². The van der Waals surface area contributed by atoms with E-state index in [0.717, 1.165) is 36.8 Å². The third-order valence-electron chi connectivity index (χ3n) is 6.31. The number of anilines is 1. The maximum Gasteiger partial charge on any atom is 0.514 e. The van der Waals surface area contributed by atoms with E-state index in [1.54, 1.807) is 10.7 Å². The van der Waals surface area contributed by atoms with Crippen LogP contribution in [-0.2, 0) is 9.31 Å². The van der Waals surface area contributed by atoms with E-state index in [0.29, 0.717) is 5.95 Å². The molecule has 1 aliphatic carbocycles. The second-order valence-electron chi connectivity index (χ2n) is 8.86. The molecule has 1 saturated heterocycles. The van der Waals surface area contributed by atoms with Crippen molar-refractivity contribution in [3.8, 4) is 0 Å². The molecule has 0 aromatic carbocycles. The Kier molecular flexibility index (Phi) is 4.94. The van der Waals surface area contributed by atoms with E-state index in [1.165, 1.54) is 0 Å². The third kappa shape index (κ3) is 3.78. The van der Waals surface area contributed by atoms with Crippen molar-refractivity contribution in [3.05, 3.63) is 18.3 Å². The summed E-state index contributed by atoms with van der Waals surface area (Å²) in [5.41, 5.74) is 0.763. The van der Waals surface area contributed by atoms with E-state index in [4.69, 9.17) is 14.4 Å². The van der Waals surface area contributed by atoms with Gasteiger partial charge in [-0.1, -0.05) is 12.8 Å². The molecule has 2 aliphatic rings. The lowest BCUT2D eigenvalue weighted by atomic mass is 9.85. The molecule has 1 amide bonds. The number of hydrogen-bond acceptors (Lipinski definition) is 6. The number of fused-ring (bicyclic) bond motifs is 1. The standard InChI is InChI=1S/C19H28BN5O4/c1-18(2)19(3,4)29-20(28-18)15-10-9-12-11-21-16(24-25(12)15)22-13-7-5-6-8-14(13)23-17(26)27/h9-11,13-14,23H,5-8H2,1-4H3,(H,22,24)(H,26,27)/t13-,14+/m1/s1. The first-order valence-electron chi connectivity index (χ1n) is 10.1. The summed E-state index contributed by atoms with van der Waals surface area (Å²) in [6, 6.07) is 3.66. The molecule has 1 aliphatic heterocycles. The molecular formula is C19H28BN5O4. The van der Waals surface area contributed by atoms with E-state index in [9.17, 15) is 4.79 Å². The minimum absolute atomic E-state index is 0.0480. The Morgan fingerprint density at radius 3 is 2.48 bits per heavy atom. The Morgan fingerprint density at radius 2 is 1.83 bits per heavy atom. The first-order chi connectivity index (χ1) is 13.7. The summed E-state index contributed by atoms with van der Waals surface area (Å²) >= 11 is 0. The highest BCUT2D eigenvalue weighted by atomic mass is 16.7. The number of carbonyl (C=O) groups is 1. The number of nitrogens with zero attached hydrogens (tertiary/aromatic N) is 3. The molecule has 156 valence electrons. The minimum atomic E-state index is -1.01. The fourth-order valence-corrected chi connectivity index (χ4v) is 3.93. The van der Waals surface area contributed by atoms with Gasteiger partial charge in [0.05, 0.1) is 34.6 Å². The van der Waals surface area contributed by atoms with Crippen molar-refractivity contribution in [3.63, 3.8) is 0 Å². The fourth-order valence-electron chi connectivity index (χ4n) is 3.93. The maximum atomic E-state index is 11.1. The highest BCUT2D eigenvalue weighted by molar-refractivity contribution is 6.61. The summed E-state index contributed by atoms with van der Waals surface area (Å²) in [4.78, 5) is 15.5. The van der Waals surface area contributed by atoms with Crippen LogP contribution in [0, 0.1) is 0 Å². The van der Waals surface area contributed by atoms with Crippen LogP contribution in [-0.4, -0.2) is 56.2 Å². The molecule has 0 bridgehead atoms. The van der Waals surface area contributed by atoms with Gasteiger partial charge in [0.1, 0.15) is 0 Å². The molecule has 29 heavy (non-hydrogen) atoms. The van der Waals surface area contributed by atoms with Gasteiger partial charge in [-0.2, -0.15) is 0 Å². The first-order valence-corrected chi connectivity index (χ1v) is 10.1. The second-order valence-corrected chi connectivity index (χ2v) is 8.86. The third-order valence-corrected chi connectivity index (χ3v) is 6.31. The van der Waals surface area contributed by atoms with Gasteiger partial charge in [0, 0.05) is 6.04 Å². The maximum absolute atomic E-state index is 11.1. The monoisotopic (exact) mass is 401 g/mol. The summed E-state index contributed by atoms with van der Waals surface area (Å²) in [6.45, 7) is 8.07. The van der Waals surface area contributed by atoms with Crippen molar-refractivity contribution in [2.24, 2.45) is 0 Å². The molecule has 4 rings (SSSR count). The normalized spacial score (nSPS) is 25.9. The van der Waals surface area contributed by atoms with Gasteiger partial charge < -0.3 is 25.0 Å².